The number of rotatable bonds is 40. The van der Waals surface area contributed by atoms with Crippen LogP contribution in [0.25, 0.3) is 33.4 Å². The van der Waals surface area contributed by atoms with E-state index in [1.807, 2.05) is 13.8 Å². The first kappa shape index (κ1) is 83.3. The summed E-state index contributed by atoms with van der Waals surface area (Å²) in [4.78, 5) is 102. The lowest BCUT2D eigenvalue weighted by molar-refractivity contribution is -0.143. The Morgan fingerprint density at radius 3 is 2.24 bits per heavy atom. The van der Waals surface area contributed by atoms with Crippen LogP contribution in [0.5, 0.6) is 0 Å². The first-order valence-electron chi connectivity index (χ1n) is 29.3. The van der Waals surface area contributed by atoms with Crippen LogP contribution in [0.1, 0.15) is 97.7 Å². The summed E-state index contributed by atoms with van der Waals surface area (Å²) in [5, 5.41) is 20.1. The second-order valence-electron chi connectivity index (χ2n) is 21.8. The average Bonchev–Trinajstić information content (AvgIpc) is 0.795. The third-order valence-corrected chi connectivity index (χ3v) is 23.1. The van der Waals surface area contributed by atoms with Gasteiger partial charge in [-0.25, -0.2) is 28.1 Å². The number of nitrogen functional groups attached to an aromatic ring is 2. The quantitative estimate of drug-likeness (QED) is 0.00214. The molecule has 2 aliphatic heterocycles. The molecule has 3 aromatic rings. The number of alkyl carbamates (subject to hydrolysis) is 1. The molecule has 0 spiro atoms. The van der Waals surface area contributed by atoms with Gasteiger partial charge in [0.1, 0.15) is 24.1 Å². The molecule has 3 aliphatic rings. The lowest BCUT2D eigenvalue weighted by Gasteiger charge is -2.22. The normalized spacial score (nSPS) is 16.7. The van der Waals surface area contributed by atoms with Gasteiger partial charge in [-0.1, -0.05) is 48.9 Å². The van der Waals surface area contributed by atoms with Crippen molar-refractivity contribution in [3.8, 4) is 34.3 Å². The van der Waals surface area contributed by atoms with Gasteiger partial charge in [-0.2, -0.15) is 30.4 Å². The van der Waals surface area contributed by atoms with Crippen LogP contribution in [0.4, 0.5) is 16.3 Å². The van der Waals surface area contributed by atoms with Crippen molar-refractivity contribution in [3.05, 3.63) is 81.2 Å². The van der Waals surface area contributed by atoms with Gasteiger partial charge in [0, 0.05) is 72.0 Å². The van der Waals surface area contributed by atoms with Crippen LogP contribution in [0, 0.1) is 17.3 Å². The van der Waals surface area contributed by atoms with E-state index in [2.05, 4.69) is 30.8 Å². The molecule has 2 aromatic carbocycles. The van der Waals surface area contributed by atoms with E-state index in [0.717, 1.165) is 22.8 Å². The van der Waals surface area contributed by atoms with Gasteiger partial charge in [0.2, 0.25) is 0 Å². The van der Waals surface area contributed by atoms with Gasteiger partial charge >= 0.3 is 47.2 Å². The van der Waals surface area contributed by atoms with Crippen LogP contribution in [-0.4, -0.2) is 178 Å². The van der Waals surface area contributed by atoms with Crippen molar-refractivity contribution in [1.29, 1.82) is 5.41 Å². The minimum Gasteiger partial charge on any atom is -0.478 e. The van der Waals surface area contributed by atoms with Gasteiger partial charge in [-0.3, -0.25) is 33.2 Å². The minimum absolute atomic E-state index is 0.000267. The number of nitrogens with two attached hydrogens (primary N) is 2. The number of aromatic carboxylic acids is 1. The van der Waals surface area contributed by atoms with Crippen molar-refractivity contribution < 1.29 is 134 Å². The minimum atomic E-state index is -5.80. The summed E-state index contributed by atoms with van der Waals surface area (Å²) >= 11 is 5.16. The molecular formula is C55H71N6O30P3S6. The number of carbonyl (C=O) groups excluding carboxylic acids is 3. The Balaban J connectivity index is 0.812. The molecule has 1 aromatic heterocycles. The molecule has 36 nitrogen and oxygen atoms in total. The fourth-order valence-corrected chi connectivity index (χ4v) is 16.5. The van der Waals surface area contributed by atoms with Crippen molar-refractivity contribution in [2.24, 2.45) is 0 Å². The monoisotopic (exact) mass is 1580 g/mol. The maximum atomic E-state index is 13.5. The summed E-state index contributed by atoms with van der Waals surface area (Å²) in [6, 6.07) is 8.04. The predicted octanol–water partition coefficient (Wildman–Crippen LogP) is 5.68. The number of ketones is 1. The lowest BCUT2D eigenvalue weighted by atomic mass is 9.88. The predicted molar refractivity (Wildman–Crippen MR) is 362 cm³/mol. The van der Waals surface area contributed by atoms with Gasteiger partial charge in [0.25, 0.3) is 20.2 Å². The van der Waals surface area contributed by atoms with Crippen molar-refractivity contribution in [1.82, 2.24) is 14.9 Å². The number of carboxylic acids is 1. The molecule has 1 aliphatic carbocycles. The average molecular weight is 1580 g/mol. The number of nitrogens with one attached hydrogen (secondary N) is 2. The van der Waals surface area contributed by atoms with Crippen LogP contribution in [0.15, 0.2) is 67.7 Å². The molecule has 1 saturated heterocycles. The van der Waals surface area contributed by atoms with E-state index in [9.17, 15) is 78.5 Å². The number of phosphoric acid groups is 3. The fraction of sp³-hybridized carbons (Fsp3) is 0.473. The number of phosphoric ester groups is 1. The Morgan fingerprint density at radius 1 is 0.870 bits per heavy atom. The zero-order valence-corrected chi connectivity index (χ0v) is 60.7. The highest BCUT2D eigenvalue weighted by Gasteiger charge is 2.44. The molecule has 4 unspecified atom stereocenters. The molecule has 552 valence electrons. The largest absolute Gasteiger partial charge is 0.490 e. The molecule has 0 saturated carbocycles. The highest BCUT2D eigenvalue weighted by atomic mass is 33.1. The standard InChI is InChI=1S/C55H71N6O30P3S6/c1-55(2,97-96-31-83-20-6-7-22-84-45(63)11-5-4-9-34-29-61(53(66)60-51(34)58)44-28-42(86-32-98(3)95)43(88-44)30-87-93(71,72)91-94(73,74)90-92(68,69)70)18-23-85-54(67)59-19-24-82-26-25-81-21-8-10-41(62)33-12-13-35(52(64)65)38(27-33)46-36-14-16-39(56)49(99(75,76)77)47(36)89-48-37(46)15-17-40(57)50(48)100(78,79)80/h12-17,27,29,42-44,56H,5-8,10-11,18-26,28,30-32,57H2,1-3H3,(H,59,67)(H,64,65)(H,71,72)(H,73,74)(H2,58,60,66)(H2,68,69,70)(H,75,76,77)(H,78,79,80)/t42?,43-,44-,98?/m1/s1. The Bertz CT molecular complexity index is 4380. The summed E-state index contributed by atoms with van der Waals surface area (Å²) in [6.45, 7) is 4.44. The van der Waals surface area contributed by atoms with Crippen molar-refractivity contribution in [2.75, 3.05) is 89.0 Å². The van der Waals surface area contributed by atoms with Crippen molar-refractivity contribution in [3.63, 3.8) is 0 Å². The van der Waals surface area contributed by atoms with Gasteiger partial charge in [0.05, 0.1) is 80.3 Å². The zero-order valence-electron chi connectivity index (χ0n) is 53.1. The van der Waals surface area contributed by atoms with Crippen molar-refractivity contribution >= 4 is 132 Å². The highest BCUT2D eigenvalue weighted by molar-refractivity contribution is 8.77. The topological polar surface area (TPSA) is 558 Å². The van der Waals surface area contributed by atoms with E-state index in [0.29, 0.717) is 31.8 Å². The third-order valence-electron chi connectivity index (χ3n) is 13.6. The Kier molecular flexibility index (Phi) is 31.0. The van der Waals surface area contributed by atoms with Crippen LogP contribution in [0.2, 0.25) is 0 Å². The second-order valence-corrected chi connectivity index (χ2v) is 35.0. The smallest absolute Gasteiger partial charge is 0.478 e. The van der Waals surface area contributed by atoms with Gasteiger partial charge < -0.3 is 79.0 Å². The molecule has 45 heteroatoms. The molecule has 0 bridgehead atoms. The SMILES string of the molecule is CS(=S)COC1C[C@H](n2cc(C#CCCC(=O)OCCCCOCSSC(C)(C)CCOC(=O)NCCOCCOCCCC(=O)c3ccc(C(=O)O)c(-c4c5ccc(=N)c(S(=O)(=O)O)c-5oc5c(S(=O)(=O)O)c(N)ccc45)c3)c(N)nc2=O)O[C@@H]1COP(=O)(O)OP(=O)(O)OP(=O)(O)O. The maximum absolute atomic E-state index is 13.5. The molecule has 1 fully saturated rings. The first-order valence-corrected chi connectivity index (χ1v) is 41.8. The maximum Gasteiger partial charge on any atom is 0.490 e. The number of fused-ring (bicyclic) bond motifs is 2. The number of esters is 1. The number of aromatic nitrogens is 2. The number of hydrogen-bond acceptors (Lipinski definition) is 30. The number of carboxylic acid groups (broad SMARTS) is 1. The summed E-state index contributed by atoms with van der Waals surface area (Å²) in [5.74, 6) is 2.42. The third kappa shape index (κ3) is 25.9. The molecule has 6 rings (SSSR count). The van der Waals surface area contributed by atoms with E-state index in [1.165, 1.54) is 41.3 Å². The number of carbonyl (C=O) groups is 4. The lowest BCUT2D eigenvalue weighted by Crippen LogP contribution is -2.30. The number of hydrogen-bond donors (Lipinski definition) is 11. The van der Waals surface area contributed by atoms with Crippen LogP contribution >= 0.6 is 45.1 Å². The summed E-state index contributed by atoms with van der Waals surface area (Å²) in [7, 11) is -25.1. The van der Waals surface area contributed by atoms with Crippen LogP contribution in [0.3, 0.4) is 0 Å². The number of Topliss-reactive ketones (excluding diaryl/α,β-unsaturated/α-hetero) is 1. The molecule has 13 N–H and O–H groups in total. The second kappa shape index (κ2) is 37.2. The van der Waals surface area contributed by atoms with E-state index in [1.54, 1.807) is 17.0 Å². The number of amides is 1. The number of anilines is 2. The van der Waals surface area contributed by atoms with Crippen LogP contribution < -0.4 is 27.8 Å². The number of nitrogens with zero attached hydrogens (tertiary/aromatic N) is 2. The number of ether oxygens (including phenoxy) is 7. The Labute approximate surface area is 585 Å². The molecular weight excluding hydrogens is 1510 g/mol. The fourth-order valence-electron chi connectivity index (χ4n) is 9.21. The molecule has 3 heterocycles. The molecule has 1 amide bonds. The highest BCUT2D eigenvalue weighted by Crippen LogP contribution is 2.66. The summed E-state index contributed by atoms with van der Waals surface area (Å²) in [6.07, 6.45) is 0.607. The Hall–Kier alpha value is -5.65. The summed E-state index contributed by atoms with van der Waals surface area (Å²) < 4.78 is 163. The zero-order chi connectivity index (χ0) is 74.0. The molecule has 100 heavy (non-hydrogen) atoms. The van der Waals surface area contributed by atoms with E-state index in [4.69, 9.17) is 80.0 Å². The van der Waals surface area contributed by atoms with Crippen LogP contribution in [-0.2, 0) is 106 Å². The van der Waals surface area contributed by atoms with Gasteiger partial charge in [-0.15, -0.1) is 0 Å². The number of unbranched alkanes of at least 4 members (excludes halogenated alkanes) is 1. The van der Waals surface area contributed by atoms with Gasteiger partial charge in [0.15, 0.2) is 26.9 Å². The first-order chi connectivity index (χ1) is 46.8. The van der Waals surface area contributed by atoms with Gasteiger partial charge in [-0.05, 0) is 98.9 Å². The molecule has 0 radical (unpaired) electrons. The molecule has 6 atom stereocenters. The summed E-state index contributed by atoms with van der Waals surface area (Å²) in [5.41, 5.74) is 8.76. The Morgan fingerprint density at radius 2 is 1.56 bits per heavy atom. The van der Waals surface area contributed by atoms with E-state index in [-0.39, 0.29) is 128 Å². The van der Waals surface area contributed by atoms with E-state index >= 15 is 0 Å². The number of benzene rings is 3. The van der Waals surface area contributed by atoms with Crippen molar-refractivity contribution in [2.45, 2.75) is 98.2 Å². The van der Waals surface area contributed by atoms with E-state index < -0.39 is 145 Å².